The molecule has 0 saturated heterocycles. The third-order valence-electron chi connectivity index (χ3n) is 1.69. The molecule has 13 heavy (non-hydrogen) atoms. The van der Waals surface area contributed by atoms with Gasteiger partial charge in [-0.15, -0.1) is 11.8 Å². The number of carbonyl (C=O) groups is 1. The minimum atomic E-state index is -0.288. The van der Waals surface area contributed by atoms with Crippen molar-refractivity contribution in [1.29, 1.82) is 0 Å². The van der Waals surface area contributed by atoms with Crippen molar-refractivity contribution in [3.8, 4) is 0 Å². The molecule has 0 fully saturated rings. The molecule has 0 radical (unpaired) electrons. The van der Waals surface area contributed by atoms with Gasteiger partial charge in [0, 0.05) is 11.8 Å². The van der Waals surface area contributed by atoms with E-state index in [1.807, 2.05) is 0 Å². The van der Waals surface area contributed by atoms with Crippen molar-refractivity contribution in [2.75, 3.05) is 5.75 Å². The van der Waals surface area contributed by atoms with Gasteiger partial charge in [-0.1, -0.05) is 12.1 Å². The van der Waals surface area contributed by atoms with Gasteiger partial charge in [0.1, 0.15) is 5.82 Å². The lowest BCUT2D eigenvalue weighted by molar-refractivity contribution is -0.115. The van der Waals surface area contributed by atoms with Crippen LogP contribution in [0.5, 0.6) is 0 Å². The summed E-state index contributed by atoms with van der Waals surface area (Å²) in [7, 11) is 0. The molecule has 0 spiro atoms. The average molecular weight is 195 g/mol. The largest absolute Gasteiger partial charge is 0.272 e. The van der Waals surface area contributed by atoms with Gasteiger partial charge in [0.25, 0.3) is 5.91 Å². The maximum Gasteiger partial charge on any atom is 0.256 e. The van der Waals surface area contributed by atoms with Crippen molar-refractivity contribution in [2.24, 2.45) is 4.99 Å². The summed E-state index contributed by atoms with van der Waals surface area (Å²) < 4.78 is 13.2. The SMILES string of the molecule is O=C1CSc2c(F)cccc2C=N1. The molecule has 4 heteroatoms. The summed E-state index contributed by atoms with van der Waals surface area (Å²) in [6, 6.07) is 4.74. The number of benzene rings is 1. The smallest absolute Gasteiger partial charge is 0.256 e. The molecule has 1 aliphatic heterocycles. The van der Waals surface area contributed by atoms with Gasteiger partial charge in [-0.25, -0.2) is 9.38 Å². The van der Waals surface area contributed by atoms with Crippen LogP contribution in [0.1, 0.15) is 5.56 Å². The second-order valence-corrected chi connectivity index (χ2v) is 3.58. The zero-order chi connectivity index (χ0) is 9.26. The minimum absolute atomic E-state index is 0.213. The van der Waals surface area contributed by atoms with Gasteiger partial charge in [0.05, 0.1) is 10.6 Å². The third kappa shape index (κ3) is 1.62. The summed E-state index contributed by atoms with van der Waals surface area (Å²) in [5, 5.41) is 0. The summed E-state index contributed by atoms with van der Waals surface area (Å²) in [5.41, 5.74) is 0.677. The van der Waals surface area contributed by atoms with Crippen LogP contribution in [0.25, 0.3) is 0 Å². The van der Waals surface area contributed by atoms with Crippen LogP contribution in [0.2, 0.25) is 0 Å². The van der Waals surface area contributed by atoms with Crippen LogP contribution >= 0.6 is 11.8 Å². The van der Waals surface area contributed by atoms with E-state index in [9.17, 15) is 9.18 Å². The summed E-state index contributed by atoms with van der Waals surface area (Å²) in [5.74, 6) is -0.297. The number of hydrogen-bond donors (Lipinski definition) is 0. The highest BCUT2D eigenvalue weighted by molar-refractivity contribution is 8.00. The molecule has 66 valence electrons. The monoisotopic (exact) mass is 195 g/mol. The predicted molar refractivity (Wildman–Crippen MR) is 49.7 cm³/mol. The minimum Gasteiger partial charge on any atom is -0.272 e. The molecule has 1 aliphatic rings. The first-order chi connectivity index (χ1) is 6.27. The standard InChI is InChI=1S/C9H6FNOS/c10-7-3-1-2-6-4-11-8(12)5-13-9(6)7/h1-4H,5H2. The second-order valence-electron chi connectivity index (χ2n) is 2.60. The summed E-state index contributed by atoms with van der Waals surface area (Å²) >= 11 is 1.19. The summed E-state index contributed by atoms with van der Waals surface area (Å²) in [4.78, 5) is 15.1. The molecule has 0 aliphatic carbocycles. The van der Waals surface area contributed by atoms with Crippen molar-refractivity contribution in [3.05, 3.63) is 29.6 Å². The molecule has 0 unspecified atom stereocenters. The normalized spacial score (nSPS) is 15.3. The number of nitrogens with zero attached hydrogens (tertiary/aromatic N) is 1. The van der Waals surface area contributed by atoms with Crippen molar-refractivity contribution in [2.45, 2.75) is 4.90 Å². The first kappa shape index (κ1) is 8.44. The second kappa shape index (κ2) is 3.30. The van der Waals surface area contributed by atoms with E-state index in [-0.39, 0.29) is 17.5 Å². The van der Waals surface area contributed by atoms with Crippen LogP contribution in [0.15, 0.2) is 28.1 Å². The Hall–Kier alpha value is -1.16. The zero-order valence-electron chi connectivity index (χ0n) is 6.66. The van der Waals surface area contributed by atoms with Crippen molar-refractivity contribution < 1.29 is 9.18 Å². The molecule has 2 nitrogen and oxygen atoms in total. The number of aliphatic imine (C=N–C) groups is 1. The Labute approximate surface area is 78.9 Å². The number of thioether (sulfide) groups is 1. The molecule has 0 bridgehead atoms. The van der Waals surface area contributed by atoms with Crippen LogP contribution in [0.4, 0.5) is 4.39 Å². The highest BCUT2D eigenvalue weighted by Gasteiger charge is 2.12. The Kier molecular flexibility index (Phi) is 2.14. The quantitative estimate of drug-likeness (QED) is 0.632. The van der Waals surface area contributed by atoms with Crippen LogP contribution in [0, 0.1) is 5.82 Å². The molecule has 0 saturated carbocycles. The molecule has 0 atom stereocenters. The van der Waals surface area contributed by atoms with Gasteiger partial charge in [0.15, 0.2) is 0 Å². The van der Waals surface area contributed by atoms with Gasteiger partial charge in [0.2, 0.25) is 0 Å². The van der Waals surface area contributed by atoms with Gasteiger partial charge < -0.3 is 0 Å². The molecule has 0 N–H and O–H groups in total. The Balaban J connectivity index is 2.52. The van der Waals surface area contributed by atoms with Crippen LogP contribution in [-0.2, 0) is 4.79 Å². The Morgan fingerprint density at radius 3 is 3.15 bits per heavy atom. The summed E-state index contributed by atoms with van der Waals surface area (Å²) in [6.45, 7) is 0. The lowest BCUT2D eigenvalue weighted by Crippen LogP contribution is -1.93. The lowest BCUT2D eigenvalue weighted by Gasteiger charge is -2.01. The number of carbonyl (C=O) groups excluding carboxylic acids is 1. The average Bonchev–Trinajstić information content (AvgIpc) is 2.30. The first-order valence-electron chi connectivity index (χ1n) is 3.75. The van der Waals surface area contributed by atoms with Gasteiger partial charge >= 0.3 is 0 Å². The van der Waals surface area contributed by atoms with E-state index in [1.54, 1.807) is 12.1 Å². The molecule has 1 amide bonds. The van der Waals surface area contributed by atoms with Gasteiger partial charge in [-0.3, -0.25) is 4.79 Å². The highest BCUT2D eigenvalue weighted by Crippen LogP contribution is 2.26. The van der Waals surface area contributed by atoms with E-state index in [1.165, 1.54) is 24.0 Å². The molecule has 1 aromatic carbocycles. The zero-order valence-corrected chi connectivity index (χ0v) is 7.47. The topological polar surface area (TPSA) is 29.4 Å². The first-order valence-corrected chi connectivity index (χ1v) is 4.74. The fourth-order valence-corrected chi connectivity index (χ4v) is 1.93. The van der Waals surface area contributed by atoms with Crippen molar-refractivity contribution >= 4 is 23.9 Å². The Morgan fingerprint density at radius 2 is 2.31 bits per heavy atom. The van der Waals surface area contributed by atoms with Gasteiger partial charge in [-0.2, -0.15) is 0 Å². The molecular weight excluding hydrogens is 189 g/mol. The predicted octanol–water partition coefficient (Wildman–Crippen LogP) is 1.88. The Morgan fingerprint density at radius 1 is 1.46 bits per heavy atom. The molecule has 1 aromatic rings. The van der Waals surface area contributed by atoms with E-state index < -0.39 is 0 Å². The lowest BCUT2D eigenvalue weighted by atomic mass is 10.2. The van der Waals surface area contributed by atoms with E-state index in [2.05, 4.69) is 4.99 Å². The number of fused-ring (bicyclic) bond motifs is 1. The van der Waals surface area contributed by atoms with E-state index in [4.69, 9.17) is 0 Å². The van der Waals surface area contributed by atoms with Crippen LogP contribution < -0.4 is 0 Å². The number of halogens is 1. The fourth-order valence-electron chi connectivity index (χ4n) is 1.09. The maximum absolute atomic E-state index is 13.2. The molecule has 2 rings (SSSR count). The number of rotatable bonds is 0. The molecule has 1 heterocycles. The Bertz CT molecular complexity index is 389. The molecular formula is C9H6FNOS. The number of amides is 1. The third-order valence-corrected chi connectivity index (χ3v) is 2.80. The summed E-state index contributed by atoms with van der Waals surface area (Å²) in [6.07, 6.45) is 1.42. The van der Waals surface area contributed by atoms with Crippen molar-refractivity contribution in [3.63, 3.8) is 0 Å². The van der Waals surface area contributed by atoms with Crippen LogP contribution in [0.3, 0.4) is 0 Å². The van der Waals surface area contributed by atoms with Crippen molar-refractivity contribution in [1.82, 2.24) is 0 Å². The van der Waals surface area contributed by atoms with E-state index in [0.717, 1.165) is 0 Å². The van der Waals surface area contributed by atoms with E-state index in [0.29, 0.717) is 10.5 Å². The molecule has 0 aromatic heterocycles. The fraction of sp³-hybridized carbons (Fsp3) is 0.111. The highest BCUT2D eigenvalue weighted by atomic mass is 32.2. The maximum atomic E-state index is 13.2. The van der Waals surface area contributed by atoms with E-state index >= 15 is 0 Å². The number of hydrogen-bond acceptors (Lipinski definition) is 2. The van der Waals surface area contributed by atoms with Gasteiger partial charge in [-0.05, 0) is 6.07 Å². The van der Waals surface area contributed by atoms with Crippen LogP contribution in [-0.4, -0.2) is 17.9 Å².